The molecule has 1 amide bonds. The topological polar surface area (TPSA) is 76.7 Å². The quantitative estimate of drug-likeness (QED) is 0.504. The average molecular weight is 400 g/mol. The fraction of sp³-hybridized carbons (Fsp3) is 0.810. The summed E-state index contributed by atoms with van der Waals surface area (Å²) in [7, 11) is 1.58. The zero-order chi connectivity index (χ0) is 20.9. The highest BCUT2D eigenvalue weighted by Gasteiger charge is 2.47. The van der Waals surface area contributed by atoms with Gasteiger partial charge >= 0.3 is 6.09 Å². The van der Waals surface area contributed by atoms with E-state index in [0.717, 1.165) is 37.7 Å². The van der Waals surface area contributed by atoms with Crippen LogP contribution in [0, 0.1) is 17.8 Å². The Kier molecular flexibility index (Phi) is 7.84. The molecule has 160 valence electrons. The first kappa shape index (κ1) is 22.6. The minimum atomic E-state index is -2.63. The Labute approximate surface area is 167 Å². The summed E-state index contributed by atoms with van der Waals surface area (Å²) in [6.45, 7) is 5.90. The van der Waals surface area contributed by atoms with Gasteiger partial charge in [0.2, 0.25) is 5.92 Å². The third-order valence-electron chi connectivity index (χ3n) is 6.16. The van der Waals surface area contributed by atoms with E-state index in [1.54, 1.807) is 7.05 Å². The van der Waals surface area contributed by atoms with Crippen molar-refractivity contribution in [1.29, 1.82) is 0 Å². The van der Waals surface area contributed by atoms with Crippen LogP contribution in [0.25, 0.3) is 0 Å². The minimum absolute atomic E-state index is 0.138. The normalized spacial score (nSPS) is 24.4. The van der Waals surface area contributed by atoms with Crippen molar-refractivity contribution in [2.24, 2.45) is 28.5 Å². The van der Waals surface area contributed by atoms with Crippen molar-refractivity contribution in [3.8, 4) is 0 Å². The lowest BCUT2D eigenvalue weighted by atomic mass is 9.72. The summed E-state index contributed by atoms with van der Waals surface area (Å²) in [5.41, 5.74) is 7.44. The smallest absolute Gasteiger partial charge is 0.413 e. The van der Waals surface area contributed by atoms with Crippen LogP contribution in [-0.4, -0.2) is 31.0 Å². The molecule has 0 aromatic carbocycles. The number of alkyl halides is 2. The van der Waals surface area contributed by atoms with Crippen LogP contribution in [0.1, 0.15) is 72.1 Å². The van der Waals surface area contributed by atoms with Gasteiger partial charge in [0, 0.05) is 37.1 Å². The molecule has 0 saturated heterocycles. The Balaban J connectivity index is 0.00000136. The van der Waals surface area contributed by atoms with Crippen molar-refractivity contribution in [2.75, 3.05) is 7.05 Å². The lowest BCUT2D eigenvalue weighted by Crippen LogP contribution is -2.43. The van der Waals surface area contributed by atoms with Crippen LogP contribution in [0.3, 0.4) is 0 Å². The van der Waals surface area contributed by atoms with E-state index in [1.165, 1.54) is 6.42 Å². The molecule has 0 radical (unpaired) electrons. The number of carbonyl (C=O) groups excluding carboxylic acids is 1. The summed E-state index contributed by atoms with van der Waals surface area (Å²) in [6.07, 6.45) is 5.15. The molecule has 5 nitrogen and oxygen atoms in total. The lowest BCUT2D eigenvalue weighted by molar-refractivity contribution is -0.0999. The zero-order valence-electron chi connectivity index (χ0n) is 17.6. The summed E-state index contributed by atoms with van der Waals surface area (Å²) >= 11 is 0. The lowest BCUT2D eigenvalue weighted by Gasteiger charge is -2.39. The van der Waals surface area contributed by atoms with Gasteiger partial charge in [0.1, 0.15) is 11.9 Å². The average Bonchev–Trinajstić information content (AvgIpc) is 2.53. The molecule has 3 aliphatic rings. The number of alkyl carbamates (subject to hydrolysis) is 1. The largest absolute Gasteiger partial charge is 0.446 e. The molecule has 1 unspecified atom stereocenters. The van der Waals surface area contributed by atoms with E-state index in [9.17, 15) is 13.6 Å². The number of hydrogen-bond donors (Lipinski definition) is 2. The molecule has 0 aromatic heterocycles. The van der Waals surface area contributed by atoms with Gasteiger partial charge in [-0.3, -0.25) is 10.3 Å². The van der Waals surface area contributed by atoms with E-state index in [0.29, 0.717) is 17.5 Å². The van der Waals surface area contributed by atoms with Gasteiger partial charge in [-0.1, -0.05) is 26.7 Å². The first-order chi connectivity index (χ1) is 13.3. The molecule has 3 saturated carbocycles. The van der Waals surface area contributed by atoms with Gasteiger partial charge in [0.25, 0.3) is 0 Å². The van der Waals surface area contributed by atoms with Crippen molar-refractivity contribution in [1.82, 2.24) is 5.32 Å². The molecule has 0 spiro atoms. The molecule has 1 atom stereocenters. The number of hydrogen-bond acceptors (Lipinski definition) is 4. The standard InChI is InChI=1S/C19H29F2N3O2.C2H6/c1-11(12-5-3-6-12)26-18(25)24-17(23-2)15(13-7-4-8-13)16(22)14-9-19(20,21)10-14;1-2/h11-14H,3-10,22H2,1-2H3,(H,23,24,25);1-2H3/b16-15-;. The molecule has 0 bridgehead atoms. The number of ether oxygens (including phenoxy) is 1. The summed E-state index contributed by atoms with van der Waals surface area (Å²) in [5, 5.41) is 2.72. The van der Waals surface area contributed by atoms with Crippen LogP contribution in [0.2, 0.25) is 0 Å². The molecule has 3 fully saturated rings. The SMILES string of the molecule is CC.CN=C(NC(=O)OC(C)C1CCC1)/C(=C(\N)C1CC(F)(F)C1)C1CCC1. The summed E-state index contributed by atoms with van der Waals surface area (Å²) in [5.74, 6) is -2.01. The molecule has 7 heteroatoms. The third-order valence-corrected chi connectivity index (χ3v) is 6.16. The van der Waals surface area contributed by atoms with Crippen molar-refractivity contribution in [2.45, 2.75) is 84.2 Å². The van der Waals surface area contributed by atoms with Crippen LogP contribution in [-0.2, 0) is 4.74 Å². The molecule has 0 heterocycles. The molecular weight excluding hydrogens is 364 g/mol. The fourth-order valence-electron chi connectivity index (χ4n) is 3.91. The molecule has 0 aromatic rings. The first-order valence-electron chi connectivity index (χ1n) is 10.6. The van der Waals surface area contributed by atoms with Gasteiger partial charge in [-0.15, -0.1) is 0 Å². The summed E-state index contributed by atoms with van der Waals surface area (Å²) in [4.78, 5) is 16.5. The second kappa shape index (κ2) is 9.70. The van der Waals surface area contributed by atoms with Gasteiger partial charge in [-0.2, -0.15) is 0 Å². The highest BCUT2D eigenvalue weighted by atomic mass is 19.3. The number of aliphatic imine (C=N–C) groups is 1. The molecule has 28 heavy (non-hydrogen) atoms. The number of amides is 1. The van der Waals surface area contributed by atoms with E-state index in [2.05, 4.69) is 10.3 Å². The van der Waals surface area contributed by atoms with Gasteiger partial charge in [-0.25, -0.2) is 13.6 Å². The Morgan fingerprint density at radius 1 is 1.14 bits per heavy atom. The van der Waals surface area contributed by atoms with Crippen LogP contribution in [0.15, 0.2) is 16.3 Å². The first-order valence-corrected chi connectivity index (χ1v) is 10.6. The molecule has 3 aliphatic carbocycles. The Morgan fingerprint density at radius 2 is 1.71 bits per heavy atom. The Morgan fingerprint density at radius 3 is 2.11 bits per heavy atom. The second-order valence-electron chi connectivity index (χ2n) is 7.96. The van der Waals surface area contributed by atoms with Crippen molar-refractivity contribution < 1.29 is 18.3 Å². The number of rotatable bonds is 5. The third kappa shape index (κ3) is 5.23. The number of nitrogens with zero attached hydrogens (tertiary/aromatic N) is 1. The van der Waals surface area contributed by atoms with Crippen LogP contribution >= 0.6 is 0 Å². The number of nitrogens with one attached hydrogen (secondary N) is 1. The van der Waals surface area contributed by atoms with Crippen molar-refractivity contribution in [3.05, 3.63) is 11.3 Å². The van der Waals surface area contributed by atoms with E-state index < -0.39 is 12.0 Å². The molecule has 0 aliphatic heterocycles. The van der Waals surface area contributed by atoms with Gasteiger partial charge in [0.05, 0.1) is 0 Å². The molecule has 3 rings (SSSR count). The monoisotopic (exact) mass is 399 g/mol. The minimum Gasteiger partial charge on any atom is -0.446 e. The van der Waals surface area contributed by atoms with Crippen LogP contribution in [0.4, 0.5) is 13.6 Å². The number of carbonyl (C=O) groups is 1. The maximum absolute atomic E-state index is 13.3. The Hall–Kier alpha value is -1.66. The van der Waals surface area contributed by atoms with Gasteiger partial charge < -0.3 is 10.5 Å². The second-order valence-corrected chi connectivity index (χ2v) is 7.96. The predicted octanol–water partition coefficient (Wildman–Crippen LogP) is 5.01. The highest BCUT2D eigenvalue weighted by Crippen LogP contribution is 2.47. The number of allylic oxidation sites excluding steroid dienone is 1. The maximum atomic E-state index is 13.3. The zero-order valence-corrected chi connectivity index (χ0v) is 17.6. The fourth-order valence-corrected chi connectivity index (χ4v) is 3.91. The summed E-state index contributed by atoms with van der Waals surface area (Å²) in [6, 6.07) is 0. The Bertz CT molecular complexity index is 603. The number of amidine groups is 1. The van der Waals surface area contributed by atoms with Crippen LogP contribution in [0.5, 0.6) is 0 Å². The summed E-state index contributed by atoms with van der Waals surface area (Å²) < 4.78 is 32.0. The highest BCUT2D eigenvalue weighted by molar-refractivity contribution is 6.07. The maximum Gasteiger partial charge on any atom is 0.413 e. The van der Waals surface area contributed by atoms with E-state index in [1.807, 2.05) is 20.8 Å². The van der Waals surface area contributed by atoms with Gasteiger partial charge in [0.15, 0.2) is 0 Å². The van der Waals surface area contributed by atoms with E-state index in [-0.39, 0.29) is 30.8 Å². The van der Waals surface area contributed by atoms with Gasteiger partial charge in [-0.05, 0) is 44.4 Å². The van der Waals surface area contributed by atoms with Crippen molar-refractivity contribution in [3.63, 3.8) is 0 Å². The molecular formula is C21H35F2N3O2. The van der Waals surface area contributed by atoms with Crippen LogP contribution < -0.4 is 11.1 Å². The molecule has 3 N–H and O–H groups in total. The van der Waals surface area contributed by atoms with E-state index >= 15 is 0 Å². The number of nitrogens with two attached hydrogens (primary N) is 1. The van der Waals surface area contributed by atoms with E-state index in [4.69, 9.17) is 10.5 Å². The van der Waals surface area contributed by atoms with Crippen molar-refractivity contribution >= 4 is 11.9 Å². The predicted molar refractivity (Wildman–Crippen MR) is 107 cm³/mol. The number of halogens is 2.